The van der Waals surface area contributed by atoms with Crippen LogP contribution in [0.25, 0.3) is 0 Å². The van der Waals surface area contributed by atoms with Crippen LogP contribution in [0.4, 0.5) is 0 Å². The molecule has 1 saturated heterocycles. The largest absolute Gasteiger partial charge is 0.351 e. The Kier molecular flexibility index (Phi) is 5.28. The van der Waals surface area contributed by atoms with E-state index in [2.05, 4.69) is 22.3 Å². The van der Waals surface area contributed by atoms with Crippen LogP contribution in [-0.4, -0.2) is 29.4 Å². The molecule has 21 heavy (non-hydrogen) atoms. The number of hydrogen-bond acceptors (Lipinski definition) is 2. The first-order valence-corrected chi connectivity index (χ1v) is 8.00. The zero-order chi connectivity index (χ0) is 15.5. The fraction of sp³-hybridized carbons (Fsp3) is 0.588. The second-order valence-electron chi connectivity index (χ2n) is 6.94. The number of hydrogen-bond donors (Lipinski definition) is 1. The Balaban J connectivity index is 1.91. The molecule has 2 rings (SSSR count). The van der Waals surface area contributed by atoms with Gasteiger partial charge in [0.25, 0.3) is 0 Å². The zero-order valence-corrected chi connectivity index (χ0v) is 13.9. The molecule has 1 amide bonds. The average molecular weight is 309 g/mol. The molecule has 0 saturated carbocycles. The summed E-state index contributed by atoms with van der Waals surface area (Å²) in [6.07, 6.45) is 2.06. The maximum absolute atomic E-state index is 12.3. The Hall–Kier alpha value is -1.06. The summed E-state index contributed by atoms with van der Waals surface area (Å²) in [5.41, 5.74) is 1.09. The first-order valence-electron chi connectivity index (χ1n) is 7.62. The van der Waals surface area contributed by atoms with Crippen LogP contribution in [0.1, 0.15) is 39.2 Å². The van der Waals surface area contributed by atoms with Crippen molar-refractivity contribution in [2.75, 3.05) is 13.1 Å². The van der Waals surface area contributed by atoms with E-state index in [1.54, 1.807) is 0 Å². The number of nitrogens with one attached hydrogen (secondary N) is 1. The van der Waals surface area contributed by atoms with Gasteiger partial charge in [-0.25, -0.2) is 0 Å². The molecule has 0 spiro atoms. The summed E-state index contributed by atoms with van der Waals surface area (Å²) in [7, 11) is 0. The van der Waals surface area contributed by atoms with E-state index in [1.165, 1.54) is 5.56 Å². The SMILES string of the molecule is CC(C)(C)NC(=O)C1CCCN(Cc2ccc(Cl)cc2)C1. The first-order chi connectivity index (χ1) is 9.83. The van der Waals surface area contributed by atoms with Gasteiger partial charge in [-0.05, 0) is 57.9 Å². The minimum atomic E-state index is -0.157. The van der Waals surface area contributed by atoms with E-state index in [-0.39, 0.29) is 17.4 Å². The third-order valence-electron chi connectivity index (χ3n) is 3.69. The van der Waals surface area contributed by atoms with E-state index in [4.69, 9.17) is 11.6 Å². The minimum Gasteiger partial charge on any atom is -0.351 e. The third kappa shape index (κ3) is 5.33. The van der Waals surface area contributed by atoms with Gasteiger partial charge in [-0.2, -0.15) is 0 Å². The Morgan fingerprint density at radius 1 is 1.33 bits per heavy atom. The van der Waals surface area contributed by atoms with Gasteiger partial charge < -0.3 is 5.32 Å². The molecule has 1 aliphatic rings. The molecule has 1 aromatic carbocycles. The van der Waals surface area contributed by atoms with Crippen molar-refractivity contribution in [3.63, 3.8) is 0 Å². The smallest absolute Gasteiger partial charge is 0.224 e. The summed E-state index contributed by atoms with van der Waals surface area (Å²) < 4.78 is 0. The Morgan fingerprint density at radius 3 is 2.62 bits per heavy atom. The maximum atomic E-state index is 12.3. The summed E-state index contributed by atoms with van der Waals surface area (Å²) in [6, 6.07) is 7.96. The molecule has 1 aromatic rings. The van der Waals surface area contributed by atoms with Crippen molar-refractivity contribution in [3.8, 4) is 0 Å². The normalized spacial score (nSPS) is 20.3. The van der Waals surface area contributed by atoms with E-state index in [0.29, 0.717) is 0 Å². The molecule has 116 valence electrons. The second kappa shape index (κ2) is 6.80. The Labute approximate surface area is 132 Å². The van der Waals surface area contributed by atoms with E-state index in [9.17, 15) is 4.79 Å². The molecule has 4 heteroatoms. The highest BCUT2D eigenvalue weighted by Crippen LogP contribution is 2.20. The van der Waals surface area contributed by atoms with E-state index >= 15 is 0 Å². The fourth-order valence-electron chi connectivity index (χ4n) is 2.73. The van der Waals surface area contributed by atoms with E-state index < -0.39 is 0 Å². The Morgan fingerprint density at radius 2 is 2.00 bits per heavy atom. The van der Waals surface area contributed by atoms with Crippen LogP contribution in [0.2, 0.25) is 5.02 Å². The summed E-state index contributed by atoms with van der Waals surface area (Å²) >= 11 is 5.91. The maximum Gasteiger partial charge on any atom is 0.224 e. The van der Waals surface area contributed by atoms with Gasteiger partial charge in [0.15, 0.2) is 0 Å². The average Bonchev–Trinajstić information content (AvgIpc) is 2.40. The van der Waals surface area contributed by atoms with Crippen molar-refractivity contribution in [3.05, 3.63) is 34.9 Å². The molecule has 0 aliphatic carbocycles. The summed E-state index contributed by atoms with van der Waals surface area (Å²) in [6.45, 7) is 8.86. The van der Waals surface area contributed by atoms with Gasteiger partial charge >= 0.3 is 0 Å². The minimum absolute atomic E-state index is 0.102. The fourth-order valence-corrected chi connectivity index (χ4v) is 2.86. The lowest BCUT2D eigenvalue weighted by Gasteiger charge is -2.33. The molecule has 0 bridgehead atoms. The summed E-state index contributed by atoms with van der Waals surface area (Å²) in [5, 5.41) is 3.86. The predicted molar refractivity (Wildman–Crippen MR) is 87.3 cm³/mol. The number of rotatable bonds is 3. The van der Waals surface area contributed by atoms with Gasteiger partial charge in [0.1, 0.15) is 0 Å². The van der Waals surface area contributed by atoms with Gasteiger partial charge in [0.2, 0.25) is 5.91 Å². The number of carbonyl (C=O) groups is 1. The lowest BCUT2D eigenvalue weighted by atomic mass is 9.95. The van der Waals surface area contributed by atoms with Crippen molar-refractivity contribution in [1.82, 2.24) is 10.2 Å². The highest BCUT2D eigenvalue weighted by Gasteiger charge is 2.27. The molecule has 1 N–H and O–H groups in total. The van der Waals surface area contributed by atoms with Crippen LogP contribution in [-0.2, 0) is 11.3 Å². The summed E-state index contributed by atoms with van der Waals surface area (Å²) in [5.74, 6) is 0.286. The predicted octanol–water partition coefficient (Wildman–Crippen LogP) is 3.47. The quantitative estimate of drug-likeness (QED) is 0.927. The van der Waals surface area contributed by atoms with Gasteiger partial charge in [-0.1, -0.05) is 23.7 Å². The van der Waals surface area contributed by atoms with Crippen molar-refractivity contribution in [2.24, 2.45) is 5.92 Å². The third-order valence-corrected chi connectivity index (χ3v) is 3.95. The van der Waals surface area contributed by atoms with Crippen LogP contribution in [0.3, 0.4) is 0 Å². The van der Waals surface area contributed by atoms with Crippen LogP contribution in [0, 0.1) is 5.92 Å². The van der Waals surface area contributed by atoms with Crippen LogP contribution >= 0.6 is 11.6 Å². The molecular formula is C17H25ClN2O. The molecule has 1 fully saturated rings. The molecule has 1 atom stereocenters. The molecular weight excluding hydrogens is 284 g/mol. The summed E-state index contributed by atoms with van der Waals surface area (Å²) in [4.78, 5) is 14.7. The van der Waals surface area contributed by atoms with Crippen LogP contribution in [0.15, 0.2) is 24.3 Å². The van der Waals surface area contributed by atoms with Gasteiger partial charge in [-0.3, -0.25) is 9.69 Å². The highest BCUT2D eigenvalue weighted by atomic mass is 35.5. The van der Waals surface area contributed by atoms with Crippen molar-refractivity contribution in [2.45, 2.75) is 45.7 Å². The molecule has 0 aromatic heterocycles. The van der Waals surface area contributed by atoms with Crippen LogP contribution < -0.4 is 5.32 Å². The van der Waals surface area contributed by atoms with Crippen LogP contribution in [0.5, 0.6) is 0 Å². The van der Waals surface area contributed by atoms with E-state index in [0.717, 1.165) is 37.5 Å². The number of nitrogens with zero attached hydrogens (tertiary/aromatic N) is 1. The van der Waals surface area contributed by atoms with E-state index in [1.807, 2.05) is 32.9 Å². The standard InChI is InChI=1S/C17H25ClN2O/c1-17(2,3)19-16(21)14-5-4-10-20(12-14)11-13-6-8-15(18)9-7-13/h6-9,14H,4-5,10-12H2,1-3H3,(H,19,21). The monoisotopic (exact) mass is 308 g/mol. The van der Waals surface area contributed by atoms with Crippen molar-refractivity contribution >= 4 is 17.5 Å². The number of piperidine rings is 1. The number of halogens is 1. The zero-order valence-electron chi connectivity index (χ0n) is 13.2. The van der Waals surface area contributed by atoms with Gasteiger partial charge in [0.05, 0.1) is 5.92 Å². The molecule has 3 nitrogen and oxygen atoms in total. The highest BCUT2D eigenvalue weighted by molar-refractivity contribution is 6.30. The van der Waals surface area contributed by atoms with Crippen molar-refractivity contribution in [1.29, 1.82) is 0 Å². The lowest BCUT2D eigenvalue weighted by Crippen LogP contribution is -2.48. The first kappa shape index (κ1) is 16.3. The Bertz CT molecular complexity index is 479. The molecule has 0 radical (unpaired) electrons. The van der Waals surface area contributed by atoms with Crippen molar-refractivity contribution < 1.29 is 4.79 Å². The number of carbonyl (C=O) groups excluding carboxylic acids is 1. The van der Waals surface area contributed by atoms with Gasteiger partial charge in [0, 0.05) is 23.7 Å². The topological polar surface area (TPSA) is 32.3 Å². The number of likely N-dealkylation sites (tertiary alicyclic amines) is 1. The molecule has 1 aliphatic heterocycles. The van der Waals surface area contributed by atoms with Gasteiger partial charge in [-0.15, -0.1) is 0 Å². The number of benzene rings is 1. The molecule has 1 heterocycles. The molecule has 1 unspecified atom stereocenters. The number of amides is 1. The lowest BCUT2D eigenvalue weighted by molar-refractivity contribution is -0.128. The second-order valence-corrected chi connectivity index (χ2v) is 7.38.